The van der Waals surface area contributed by atoms with Gasteiger partial charge in [-0.3, -0.25) is 4.90 Å². The van der Waals surface area contributed by atoms with Gasteiger partial charge in [-0.1, -0.05) is 18.6 Å². The number of aliphatic imine (C=N–C) groups is 1. The molecule has 1 fully saturated rings. The molecule has 1 unspecified atom stereocenters. The number of aromatic nitrogens is 1. The number of ether oxygens (including phenoxy) is 1. The van der Waals surface area contributed by atoms with Gasteiger partial charge in [0, 0.05) is 24.2 Å². The highest BCUT2D eigenvalue weighted by Crippen LogP contribution is 2.26. The van der Waals surface area contributed by atoms with Gasteiger partial charge in [-0.05, 0) is 57.5 Å². The second-order valence-corrected chi connectivity index (χ2v) is 8.63. The van der Waals surface area contributed by atoms with Crippen molar-refractivity contribution >= 4 is 41.3 Å². The Morgan fingerprint density at radius 1 is 1.20 bits per heavy atom. The topological polar surface area (TPSA) is 61.8 Å². The van der Waals surface area contributed by atoms with Gasteiger partial charge in [-0.15, -0.1) is 35.3 Å². The summed E-state index contributed by atoms with van der Waals surface area (Å²) in [6.45, 7) is 8.72. The largest absolute Gasteiger partial charge is 0.497 e. The van der Waals surface area contributed by atoms with E-state index < -0.39 is 0 Å². The maximum Gasteiger partial charge on any atom is 0.191 e. The first kappa shape index (κ1) is 24.9. The van der Waals surface area contributed by atoms with Gasteiger partial charge in [-0.2, -0.15) is 0 Å². The predicted molar refractivity (Wildman–Crippen MR) is 136 cm³/mol. The molecule has 2 N–H and O–H groups in total. The van der Waals surface area contributed by atoms with Crippen molar-refractivity contribution in [2.24, 2.45) is 4.99 Å². The Balaban J connectivity index is 0.00000320. The Hall–Kier alpha value is -1.39. The summed E-state index contributed by atoms with van der Waals surface area (Å²) in [4.78, 5) is 12.9. The first-order valence-electron chi connectivity index (χ1n) is 10.5. The Morgan fingerprint density at radius 2 is 1.93 bits per heavy atom. The van der Waals surface area contributed by atoms with E-state index in [4.69, 9.17) is 9.73 Å². The van der Waals surface area contributed by atoms with E-state index in [1.54, 1.807) is 18.4 Å². The summed E-state index contributed by atoms with van der Waals surface area (Å²) in [6.07, 6.45) is 5.79. The Morgan fingerprint density at radius 3 is 2.53 bits per heavy atom. The first-order chi connectivity index (χ1) is 14.2. The van der Waals surface area contributed by atoms with Crippen molar-refractivity contribution in [1.82, 2.24) is 20.5 Å². The smallest absolute Gasteiger partial charge is 0.191 e. The Kier molecular flexibility index (Phi) is 10.9. The third-order valence-corrected chi connectivity index (χ3v) is 6.10. The third-order valence-electron chi connectivity index (χ3n) is 5.20. The molecule has 2 aromatic rings. The van der Waals surface area contributed by atoms with E-state index in [1.165, 1.54) is 29.7 Å². The SMILES string of the molecule is CCNC(=NCc1cnc(C)s1)NCC(c1ccc(OC)cc1)N1CCCCC1.I. The van der Waals surface area contributed by atoms with Crippen LogP contribution >= 0.6 is 35.3 Å². The van der Waals surface area contributed by atoms with Crippen LogP contribution in [0.5, 0.6) is 5.75 Å². The molecule has 0 saturated carbocycles. The van der Waals surface area contributed by atoms with Gasteiger partial charge >= 0.3 is 0 Å². The summed E-state index contributed by atoms with van der Waals surface area (Å²) in [5.41, 5.74) is 1.31. The summed E-state index contributed by atoms with van der Waals surface area (Å²) in [5.74, 6) is 1.75. The van der Waals surface area contributed by atoms with Crippen molar-refractivity contribution < 1.29 is 4.74 Å². The maximum atomic E-state index is 5.34. The first-order valence-corrected chi connectivity index (χ1v) is 11.3. The van der Waals surface area contributed by atoms with Crippen LogP contribution in [0.25, 0.3) is 0 Å². The number of piperidine rings is 1. The lowest BCUT2D eigenvalue weighted by Crippen LogP contribution is -2.44. The van der Waals surface area contributed by atoms with E-state index in [-0.39, 0.29) is 24.0 Å². The molecule has 1 aromatic carbocycles. The molecule has 1 saturated heterocycles. The van der Waals surface area contributed by atoms with Crippen molar-refractivity contribution in [3.8, 4) is 5.75 Å². The van der Waals surface area contributed by atoms with Crippen LogP contribution in [0.3, 0.4) is 0 Å². The molecule has 0 spiro atoms. The zero-order valence-electron chi connectivity index (χ0n) is 18.2. The van der Waals surface area contributed by atoms with Crippen LogP contribution in [0.4, 0.5) is 0 Å². The molecule has 0 aliphatic carbocycles. The van der Waals surface area contributed by atoms with Gasteiger partial charge < -0.3 is 15.4 Å². The Bertz CT molecular complexity index is 774. The standard InChI is InChI=1S/C22H33N5OS.HI/c1-4-23-22(25-15-20-14-24-17(2)29-20)26-16-21(27-12-6-5-7-13-27)18-8-10-19(28-3)11-9-18;/h8-11,14,21H,4-7,12-13,15-16H2,1-3H3,(H2,23,25,26);1H. The number of benzene rings is 1. The molecule has 1 aliphatic heterocycles. The van der Waals surface area contributed by atoms with Crippen LogP contribution in [-0.4, -0.2) is 49.1 Å². The molecule has 8 heteroatoms. The minimum absolute atomic E-state index is 0. The molecule has 1 aromatic heterocycles. The Labute approximate surface area is 201 Å². The number of nitrogens with one attached hydrogen (secondary N) is 2. The summed E-state index contributed by atoms with van der Waals surface area (Å²) in [7, 11) is 1.71. The summed E-state index contributed by atoms with van der Waals surface area (Å²) < 4.78 is 5.34. The molecule has 2 heterocycles. The molecular formula is C22H34IN5OS. The number of guanidine groups is 1. The van der Waals surface area contributed by atoms with Crippen molar-refractivity contribution in [3.05, 3.63) is 45.9 Å². The molecule has 0 radical (unpaired) electrons. The number of rotatable bonds is 8. The van der Waals surface area contributed by atoms with Gasteiger partial charge in [0.1, 0.15) is 5.75 Å². The molecule has 0 bridgehead atoms. The van der Waals surface area contributed by atoms with Crippen molar-refractivity contribution in [3.63, 3.8) is 0 Å². The molecule has 3 rings (SSSR count). The molecule has 166 valence electrons. The highest BCUT2D eigenvalue weighted by molar-refractivity contribution is 14.0. The second kappa shape index (κ2) is 13.1. The van der Waals surface area contributed by atoms with E-state index in [0.717, 1.165) is 42.9 Å². The minimum Gasteiger partial charge on any atom is -0.497 e. The molecule has 1 aliphatic rings. The number of aryl methyl sites for hydroxylation is 1. The fraction of sp³-hybridized carbons (Fsp3) is 0.545. The number of hydrogen-bond acceptors (Lipinski definition) is 5. The average Bonchev–Trinajstić information content (AvgIpc) is 3.18. The number of halogens is 1. The lowest BCUT2D eigenvalue weighted by Gasteiger charge is -2.35. The second-order valence-electron chi connectivity index (χ2n) is 7.31. The van der Waals surface area contributed by atoms with E-state index in [0.29, 0.717) is 12.6 Å². The van der Waals surface area contributed by atoms with Gasteiger partial charge in [0.05, 0.1) is 24.7 Å². The molecule has 6 nitrogen and oxygen atoms in total. The number of nitrogens with zero attached hydrogens (tertiary/aromatic N) is 3. The zero-order chi connectivity index (χ0) is 20.5. The van der Waals surface area contributed by atoms with E-state index in [2.05, 4.69) is 51.7 Å². The van der Waals surface area contributed by atoms with E-state index >= 15 is 0 Å². The van der Waals surface area contributed by atoms with Crippen LogP contribution < -0.4 is 15.4 Å². The van der Waals surface area contributed by atoms with E-state index in [1.807, 2.05) is 13.1 Å². The number of hydrogen-bond donors (Lipinski definition) is 2. The van der Waals surface area contributed by atoms with Crippen LogP contribution in [-0.2, 0) is 6.54 Å². The normalized spacial score (nSPS) is 15.9. The lowest BCUT2D eigenvalue weighted by atomic mass is 10.0. The quantitative estimate of drug-likeness (QED) is 0.295. The lowest BCUT2D eigenvalue weighted by molar-refractivity contribution is 0.164. The fourth-order valence-electron chi connectivity index (χ4n) is 3.68. The fourth-order valence-corrected chi connectivity index (χ4v) is 4.40. The van der Waals surface area contributed by atoms with Crippen molar-refractivity contribution in [2.45, 2.75) is 45.7 Å². The van der Waals surface area contributed by atoms with Crippen molar-refractivity contribution in [2.75, 3.05) is 33.3 Å². The number of methoxy groups -OCH3 is 1. The van der Waals surface area contributed by atoms with Crippen LogP contribution in [0.2, 0.25) is 0 Å². The van der Waals surface area contributed by atoms with Gasteiger partial charge in [0.15, 0.2) is 5.96 Å². The average molecular weight is 544 g/mol. The molecule has 0 amide bonds. The highest BCUT2D eigenvalue weighted by Gasteiger charge is 2.22. The number of thiazole rings is 1. The highest BCUT2D eigenvalue weighted by atomic mass is 127. The predicted octanol–water partition coefficient (Wildman–Crippen LogP) is 4.36. The monoisotopic (exact) mass is 543 g/mol. The summed E-state index contributed by atoms with van der Waals surface area (Å²) in [5, 5.41) is 8.03. The number of likely N-dealkylation sites (tertiary alicyclic amines) is 1. The van der Waals surface area contributed by atoms with Gasteiger partial charge in [-0.25, -0.2) is 9.98 Å². The zero-order valence-corrected chi connectivity index (χ0v) is 21.3. The molecular weight excluding hydrogens is 509 g/mol. The summed E-state index contributed by atoms with van der Waals surface area (Å²) >= 11 is 1.70. The van der Waals surface area contributed by atoms with Crippen LogP contribution in [0, 0.1) is 6.92 Å². The van der Waals surface area contributed by atoms with Crippen LogP contribution in [0.1, 0.15) is 47.7 Å². The summed E-state index contributed by atoms with van der Waals surface area (Å²) in [6, 6.07) is 8.79. The maximum absolute atomic E-state index is 5.34. The van der Waals surface area contributed by atoms with Crippen LogP contribution in [0.15, 0.2) is 35.5 Å². The van der Waals surface area contributed by atoms with Gasteiger partial charge in [0.2, 0.25) is 0 Å². The van der Waals surface area contributed by atoms with E-state index in [9.17, 15) is 0 Å². The molecule has 1 atom stereocenters. The molecule has 30 heavy (non-hydrogen) atoms. The third kappa shape index (κ3) is 7.39. The van der Waals surface area contributed by atoms with Crippen molar-refractivity contribution in [1.29, 1.82) is 0 Å². The minimum atomic E-state index is 0. The van der Waals surface area contributed by atoms with Gasteiger partial charge in [0.25, 0.3) is 0 Å².